The number of hydrogen-bond donors (Lipinski definition) is 1. The van der Waals surface area contributed by atoms with E-state index in [9.17, 15) is 0 Å². The molecule has 86 valence electrons. The highest BCUT2D eigenvalue weighted by atomic mass is 32.1. The summed E-state index contributed by atoms with van der Waals surface area (Å²) in [5, 5.41) is 4.55. The van der Waals surface area contributed by atoms with Crippen molar-refractivity contribution >= 4 is 27.4 Å². The van der Waals surface area contributed by atoms with Crippen LogP contribution in [0.15, 0.2) is 6.07 Å². The zero-order valence-corrected chi connectivity index (χ0v) is 10.8. The summed E-state index contributed by atoms with van der Waals surface area (Å²) in [5.74, 6) is 1.83. The highest BCUT2D eigenvalue weighted by Gasteiger charge is 2.07. The summed E-state index contributed by atoms with van der Waals surface area (Å²) in [6.45, 7) is 7.23. The molecule has 0 unspecified atom stereocenters. The topological polar surface area (TPSA) is 37.8 Å². The number of aryl methyl sites for hydroxylation is 2. The highest BCUT2D eigenvalue weighted by molar-refractivity contribution is 7.18. The normalized spacial score (nSPS) is 10.9. The summed E-state index contributed by atoms with van der Waals surface area (Å²) in [7, 11) is 0. The summed E-state index contributed by atoms with van der Waals surface area (Å²) in [5.41, 5.74) is 0. The van der Waals surface area contributed by atoms with Crippen molar-refractivity contribution in [2.24, 2.45) is 0 Å². The molecule has 2 rings (SSSR count). The van der Waals surface area contributed by atoms with Crippen molar-refractivity contribution in [3.8, 4) is 0 Å². The first-order chi connectivity index (χ1) is 7.70. The molecule has 0 aliphatic rings. The average Bonchev–Trinajstić information content (AvgIpc) is 2.58. The molecule has 0 saturated carbocycles. The van der Waals surface area contributed by atoms with Crippen LogP contribution in [0.4, 0.5) is 5.82 Å². The van der Waals surface area contributed by atoms with Gasteiger partial charge in [-0.1, -0.05) is 13.3 Å². The number of nitrogens with one attached hydrogen (secondary N) is 1. The average molecular weight is 235 g/mol. The second-order valence-corrected chi connectivity index (χ2v) is 5.21. The highest BCUT2D eigenvalue weighted by Crippen LogP contribution is 2.28. The first-order valence-corrected chi connectivity index (χ1v) is 6.51. The van der Waals surface area contributed by atoms with Crippen molar-refractivity contribution in [2.45, 2.75) is 33.6 Å². The maximum absolute atomic E-state index is 4.47. The molecule has 2 heterocycles. The molecule has 0 aromatic carbocycles. The van der Waals surface area contributed by atoms with Gasteiger partial charge in [0.25, 0.3) is 0 Å². The predicted octanol–water partition coefficient (Wildman–Crippen LogP) is 3.52. The van der Waals surface area contributed by atoms with Crippen LogP contribution in [-0.2, 0) is 0 Å². The van der Waals surface area contributed by atoms with E-state index in [4.69, 9.17) is 0 Å². The monoisotopic (exact) mass is 235 g/mol. The molecule has 0 fully saturated rings. The third-order valence-electron chi connectivity index (χ3n) is 2.45. The lowest BCUT2D eigenvalue weighted by Crippen LogP contribution is -2.04. The second-order valence-electron chi connectivity index (χ2n) is 3.98. The Hall–Kier alpha value is -1.16. The molecule has 3 nitrogen and oxygen atoms in total. The van der Waals surface area contributed by atoms with E-state index in [0.29, 0.717) is 0 Å². The Morgan fingerprint density at radius 1 is 1.31 bits per heavy atom. The number of rotatable bonds is 4. The Morgan fingerprint density at radius 3 is 2.88 bits per heavy atom. The van der Waals surface area contributed by atoms with Gasteiger partial charge in [-0.25, -0.2) is 9.97 Å². The lowest BCUT2D eigenvalue weighted by Gasteiger charge is -2.06. The quantitative estimate of drug-likeness (QED) is 0.824. The van der Waals surface area contributed by atoms with Gasteiger partial charge >= 0.3 is 0 Å². The van der Waals surface area contributed by atoms with Crippen LogP contribution >= 0.6 is 11.3 Å². The molecular weight excluding hydrogens is 218 g/mol. The summed E-state index contributed by atoms with van der Waals surface area (Å²) in [6, 6.07) is 2.16. The third-order valence-corrected chi connectivity index (χ3v) is 3.39. The van der Waals surface area contributed by atoms with E-state index in [2.05, 4.69) is 35.2 Å². The van der Waals surface area contributed by atoms with E-state index in [-0.39, 0.29) is 0 Å². The molecule has 4 heteroatoms. The smallest absolute Gasteiger partial charge is 0.138 e. The van der Waals surface area contributed by atoms with Gasteiger partial charge in [0.15, 0.2) is 0 Å². The van der Waals surface area contributed by atoms with E-state index in [1.165, 1.54) is 17.7 Å². The van der Waals surface area contributed by atoms with Crippen LogP contribution in [0.5, 0.6) is 0 Å². The molecule has 16 heavy (non-hydrogen) atoms. The third kappa shape index (κ3) is 2.32. The van der Waals surface area contributed by atoms with Crippen molar-refractivity contribution in [1.82, 2.24) is 9.97 Å². The second kappa shape index (κ2) is 4.78. The molecule has 2 aromatic heterocycles. The van der Waals surface area contributed by atoms with E-state index in [0.717, 1.165) is 28.4 Å². The van der Waals surface area contributed by atoms with Crippen LogP contribution in [0.3, 0.4) is 0 Å². The van der Waals surface area contributed by atoms with E-state index < -0.39 is 0 Å². The number of fused-ring (bicyclic) bond motifs is 1. The number of unbranched alkanes of at least 4 members (excludes halogenated alkanes) is 1. The number of thiophene rings is 1. The summed E-state index contributed by atoms with van der Waals surface area (Å²) in [4.78, 5) is 11.3. The van der Waals surface area contributed by atoms with Crippen molar-refractivity contribution in [1.29, 1.82) is 0 Å². The Bertz CT molecular complexity index is 490. The zero-order chi connectivity index (χ0) is 11.5. The van der Waals surface area contributed by atoms with Crippen LogP contribution in [0.25, 0.3) is 10.2 Å². The molecule has 0 atom stereocenters. The molecule has 1 N–H and O–H groups in total. The van der Waals surface area contributed by atoms with Gasteiger partial charge in [-0.3, -0.25) is 0 Å². The summed E-state index contributed by atoms with van der Waals surface area (Å²) >= 11 is 1.73. The lowest BCUT2D eigenvalue weighted by atomic mass is 10.3. The standard InChI is InChI=1S/C12H17N3S/c1-4-5-6-13-11-10-7-8(2)16-12(10)15-9(3)14-11/h7H,4-6H2,1-3H3,(H,13,14,15). The molecule has 0 radical (unpaired) electrons. The zero-order valence-electron chi connectivity index (χ0n) is 10.0. The number of nitrogens with zero attached hydrogens (tertiary/aromatic N) is 2. The van der Waals surface area contributed by atoms with Crippen LogP contribution in [0.2, 0.25) is 0 Å². The maximum atomic E-state index is 4.47. The Labute approximate surface area is 99.9 Å². The molecule has 0 aliphatic heterocycles. The Balaban J connectivity index is 2.34. The van der Waals surface area contributed by atoms with Crippen LogP contribution in [0.1, 0.15) is 30.5 Å². The molecule has 2 aromatic rings. The van der Waals surface area contributed by atoms with Crippen molar-refractivity contribution in [2.75, 3.05) is 11.9 Å². The Morgan fingerprint density at radius 2 is 2.12 bits per heavy atom. The van der Waals surface area contributed by atoms with Gasteiger partial charge in [0.05, 0.1) is 5.39 Å². The molecule has 0 aliphatic carbocycles. The van der Waals surface area contributed by atoms with E-state index in [1.807, 2.05) is 6.92 Å². The molecule has 0 amide bonds. The van der Waals surface area contributed by atoms with Gasteiger partial charge < -0.3 is 5.32 Å². The van der Waals surface area contributed by atoms with Gasteiger partial charge in [-0.05, 0) is 26.3 Å². The van der Waals surface area contributed by atoms with Crippen LogP contribution < -0.4 is 5.32 Å². The fraction of sp³-hybridized carbons (Fsp3) is 0.500. The first kappa shape index (κ1) is 11.3. The number of aromatic nitrogens is 2. The van der Waals surface area contributed by atoms with Gasteiger partial charge in [0.2, 0.25) is 0 Å². The van der Waals surface area contributed by atoms with E-state index >= 15 is 0 Å². The summed E-state index contributed by atoms with van der Waals surface area (Å²) in [6.07, 6.45) is 2.37. The largest absolute Gasteiger partial charge is 0.369 e. The minimum atomic E-state index is 0.841. The molecular formula is C12H17N3S. The minimum Gasteiger partial charge on any atom is -0.369 e. The van der Waals surface area contributed by atoms with Crippen molar-refractivity contribution in [3.63, 3.8) is 0 Å². The SMILES string of the molecule is CCCCNc1nc(C)nc2sc(C)cc12. The molecule has 0 saturated heterocycles. The van der Waals surface area contributed by atoms with Gasteiger partial charge in [-0.15, -0.1) is 11.3 Å². The Kier molecular flexibility index (Phi) is 3.39. The fourth-order valence-corrected chi connectivity index (χ4v) is 2.59. The van der Waals surface area contributed by atoms with Crippen LogP contribution in [0, 0.1) is 13.8 Å². The molecule has 0 bridgehead atoms. The minimum absolute atomic E-state index is 0.841. The first-order valence-electron chi connectivity index (χ1n) is 5.69. The van der Waals surface area contributed by atoms with Gasteiger partial charge in [0.1, 0.15) is 16.5 Å². The number of hydrogen-bond acceptors (Lipinski definition) is 4. The van der Waals surface area contributed by atoms with Crippen molar-refractivity contribution in [3.05, 3.63) is 16.8 Å². The molecule has 0 spiro atoms. The van der Waals surface area contributed by atoms with Crippen LogP contribution in [-0.4, -0.2) is 16.5 Å². The predicted molar refractivity (Wildman–Crippen MR) is 70.3 cm³/mol. The lowest BCUT2D eigenvalue weighted by molar-refractivity contribution is 0.830. The number of anilines is 1. The summed E-state index contributed by atoms with van der Waals surface area (Å²) < 4.78 is 0. The van der Waals surface area contributed by atoms with Crippen molar-refractivity contribution < 1.29 is 0 Å². The maximum Gasteiger partial charge on any atom is 0.138 e. The van der Waals surface area contributed by atoms with Gasteiger partial charge in [0, 0.05) is 11.4 Å². The van der Waals surface area contributed by atoms with Gasteiger partial charge in [-0.2, -0.15) is 0 Å². The van der Waals surface area contributed by atoms with E-state index in [1.54, 1.807) is 11.3 Å². The fourth-order valence-electron chi connectivity index (χ4n) is 1.67.